The van der Waals surface area contributed by atoms with Gasteiger partial charge in [-0.15, -0.1) is 0 Å². The maximum atomic E-state index is 10.7. The van der Waals surface area contributed by atoms with E-state index in [4.69, 9.17) is 11.5 Å². The number of methoxy groups -OCH3 is 1. The molecule has 4 N–H and O–H groups in total. The molecule has 0 aliphatic heterocycles. The molecule has 0 saturated carbocycles. The van der Waals surface area contributed by atoms with E-state index >= 15 is 0 Å². The van der Waals surface area contributed by atoms with Gasteiger partial charge in [-0.3, -0.25) is 9.59 Å². The van der Waals surface area contributed by atoms with Gasteiger partial charge in [-0.1, -0.05) is 6.92 Å². The summed E-state index contributed by atoms with van der Waals surface area (Å²) in [5, 5.41) is 0. The third-order valence-electron chi connectivity index (χ3n) is 1.46. The van der Waals surface area contributed by atoms with Crippen molar-refractivity contribution in [3.8, 4) is 0 Å². The highest BCUT2D eigenvalue weighted by Crippen LogP contribution is 2.00. The molecule has 2 atom stereocenters. The summed E-state index contributed by atoms with van der Waals surface area (Å²) in [6, 6.07) is -0.961. The standard InChI is InChI=1S/C6H12N2O3/c1-3(5(8)9)4(7)6(10)11-2/h3-4H,7H2,1-2H3,(H2,8,9)/t3?,4-/m0/s1. The Morgan fingerprint density at radius 3 is 2.18 bits per heavy atom. The molecule has 5 nitrogen and oxygen atoms in total. The fourth-order valence-corrected chi connectivity index (χ4v) is 0.517. The highest BCUT2D eigenvalue weighted by molar-refractivity contribution is 5.85. The second-order valence-corrected chi connectivity index (χ2v) is 2.24. The summed E-state index contributed by atoms with van der Waals surface area (Å²) >= 11 is 0. The van der Waals surface area contributed by atoms with Gasteiger partial charge in [0.25, 0.3) is 0 Å². The van der Waals surface area contributed by atoms with Crippen molar-refractivity contribution in [3.05, 3.63) is 0 Å². The third-order valence-corrected chi connectivity index (χ3v) is 1.46. The van der Waals surface area contributed by atoms with Crippen molar-refractivity contribution in [1.82, 2.24) is 0 Å². The number of hydrogen-bond acceptors (Lipinski definition) is 4. The van der Waals surface area contributed by atoms with Crippen molar-refractivity contribution in [3.63, 3.8) is 0 Å². The first-order valence-corrected chi connectivity index (χ1v) is 3.13. The molecule has 0 aliphatic rings. The molecule has 0 aromatic carbocycles. The first-order chi connectivity index (χ1) is 5.00. The zero-order valence-electron chi connectivity index (χ0n) is 6.53. The molecule has 0 spiro atoms. The lowest BCUT2D eigenvalue weighted by Gasteiger charge is -2.13. The molecule has 0 aromatic rings. The second kappa shape index (κ2) is 3.92. The van der Waals surface area contributed by atoms with Crippen molar-refractivity contribution in [2.45, 2.75) is 13.0 Å². The quantitative estimate of drug-likeness (QED) is 0.497. The predicted molar refractivity (Wildman–Crippen MR) is 38.3 cm³/mol. The molecule has 0 fully saturated rings. The van der Waals surface area contributed by atoms with Gasteiger partial charge in [0.15, 0.2) is 0 Å². The number of amides is 1. The van der Waals surface area contributed by atoms with Crippen molar-refractivity contribution in [2.24, 2.45) is 17.4 Å². The van der Waals surface area contributed by atoms with Crippen molar-refractivity contribution >= 4 is 11.9 Å². The maximum Gasteiger partial charge on any atom is 0.323 e. The van der Waals surface area contributed by atoms with Crippen molar-refractivity contribution < 1.29 is 14.3 Å². The minimum Gasteiger partial charge on any atom is -0.468 e. The van der Waals surface area contributed by atoms with Crippen LogP contribution in [0, 0.1) is 5.92 Å². The van der Waals surface area contributed by atoms with E-state index in [1.807, 2.05) is 0 Å². The molecule has 0 rings (SSSR count). The lowest BCUT2D eigenvalue weighted by atomic mass is 10.0. The van der Waals surface area contributed by atoms with Crippen LogP contribution >= 0.6 is 0 Å². The molecule has 5 heteroatoms. The Balaban J connectivity index is 4.12. The van der Waals surface area contributed by atoms with E-state index in [0.717, 1.165) is 0 Å². The molecule has 0 saturated heterocycles. The number of carbonyl (C=O) groups excluding carboxylic acids is 2. The molecule has 0 bridgehead atoms. The molecule has 11 heavy (non-hydrogen) atoms. The minimum atomic E-state index is -0.961. The summed E-state index contributed by atoms with van der Waals surface area (Å²) in [4.78, 5) is 21.2. The lowest BCUT2D eigenvalue weighted by molar-refractivity contribution is -0.145. The molecular formula is C6H12N2O3. The number of ether oxygens (including phenoxy) is 1. The van der Waals surface area contributed by atoms with E-state index in [0.29, 0.717) is 0 Å². The highest BCUT2D eigenvalue weighted by Gasteiger charge is 2.25. The Hall–Kier alpha value is -1.10. The molecule has 1 unspecified atom stereocenters. The fourth-order valence-electron chi connectivity index (χ4n) is 0.517. The van der Waals surface area contributed by atoms with Crippen LogP contribution in [0.2, 0.25) is 0 Å². The van der Waals surface area contributed by atoms with Crippen LogP contribution in [0.5, 0.6) is 0 Å². The third kappa shape index (κ3) is 2.55. The topological polar surface area (TPSA) is 95.4 Å². The molecular weight excluding hydrogens is 148 g/mol. The van der Waals surface area contributed by atoms with E-state index in [2.05, 4.69) is 4.74 Å². The van der Waals surface area contributed by atoms with E-state index in [1.54, 1.807) is 0 Å². The van der Waals surface area contributed by atoms with Gasteiger partial charge in [0.1, 0.15) is 6.04 Å². The van der Waals surface area contributed by atoms with Gasteiger partial charge in [-0.05, 0) is 0 Å². The summed E-state index contributed by atoms with van der Waals surface area (Å²) in [5.74, 6) is -1.93. The van der Waals surface area contributed by atoms with Crippen LogP contribution < -0.4 is 11.5 Å². The summed E-state index contributed by atoms with van der Waals surface area (Å²) in [7, 11) is 1.20. The number of carbonyl (C=O) groups is 2. The number of primary amides is 1. The van der Waals surface area contributed by atoms with Crippen LogP contribution in [0.4, 0.5) is 0 Å². The SMILES string of the molecule is COC(=O)[C@@H](N)C(C)C(N)=O. The van der Waals surface area contributed by atoms with Crippen LogP contribution in [0.1, 0.15) is 6.92 Å². The van der Waals surface area contributed by atoms with Crippen LogP contribution in [0.3, 0.4) is 0 Å². The summed E-state index contributed by atoms with van der Waals surface area (Å²) in [6.07, 6.45) is 0. The average molecular weight is 160 g/mol. The Morgan fingerprint density at radius 1 is 1.45 bits per heavy atom. The first kappa shape index (κ1) is 9.90. The van der Waals surface area contributed by atoms with Gasteiger partial charge in [-0.2, -0.15) is 0 Å². The Kier molecular flexibility index (Phi) is 3.53. The number of rotatable bonds is 3. The Bertz CT molecular complexity index is 169. The largest absolute Gasteiger partial charge is 0.468 e. The molecule has 64 valence electrons. The fraction of sp³-hybridized carbons (Fsp3) is 0.667. The Labute approximate surface area is 64.7 Å². The average Bonchev–Trinajstić information content (AvgIpc) is 2.00. The zero-order valence-corrected chi connectivity index (χ0v) is 6.53. The minimum absolute atomic E-state index is 0.608. The van der Waals surface area contributed by atoms with E-state index in [9.17, 15) is 9.59 Å². The van der Waals surface area contributed by atoms with Crippen LogP contribution in [-0.2, 0) is 14.3 Å². The van der Waals surface area contributed by atoms with Crippen LogP contribution in [0.25, 0.3) is 0 Å². The normalized spacial score (nSPS) is 15.2. The zero-order chi connectivity index (χ0) is 9.02. The van der Waals surface area contributed by atoms with E-state index < -0.39 is 23.8 Å². The van der Waals surface area contributed by atoms with Crippen molar-refractivity contribution in [2.75, 3.05) is 7.11 Å². The van der Waals surface area contributed by atoms with Crippen molar-refractivity contribution in [1.29, 1.82) is 0 Å². The number of esters is 1. The van der Waals surface area contributed by atoms with Crippen LogP contribution in [-0.4, -0.2) is 25.0 Å². The van der Waals surface area contributed by atoms with Gasteiger partial charge in [0, 0.05) is 0 Å². The van der Waals surface area contributed by atoms with Gasteiger partial charge in [0.2, 0.25) is 5.91 Å². The molecule has 0 radical (unpaired) electrons. The number of nitrogens with two attached hydrogens (primary N) is 2. The van der Waals surface area contributed by atoms with Gasteiger partial charge in [-0.25, -0.2) is 0 Å². The van der Waals surface area contributed by atoms with E-state index in [-0.39, 0.29) is 0 Å². The maximum absolute atomic E-state index is 10.7. The van der Waals surface area contributed by atoms with E-state index in [1.165, 1.54) is 14.0 Å². The van der Waals surface area contributed by atoms with Gasteiger partial charge in [0.05, 0.1) is 13.0 Å². The monoisotopic (exact) mass is 160 g/mol. The predicted octanol–water partition coefficient (Wildman–Crippen LogP) is -1.39. The highest BCUT2D eigenvalue weighted by atomic mass is 16.5. The Morgan fingerprint density at radius 2 is 1.91 bits per heavy atom. The molecule has 0 aromatic heterocycles. The molecule has 0 aliphatic carbocycles. The summed E-state index contributed by atoms with van der Waals surface area (Å²) < 4.78 is 4.31. The summed E-state index contributed by atoms with van der Waals surface area (Å²) in [5.41, 5.74) is 10.2. The van der Waals surface area contributed by atoms with Gasteiger partial charge >= 0.3 is 5.97 Å². The second-order valence-electron chi connectivity index (χ2n) is 2.24. The van der Waals surface area contributed by atoms with Gasteiger partial charge < -0.3 is 16.2 Å². The first-order valence-electron chi connectivity index (χ1n) is 3.13. The summed E-state index contributed by atoms with van der Waals surface area (Å²) in [6.45, 7) is 1.48. The lowest BCUT2D eigenvalue weighted by Crippen LogP contribution is -2.43. The molecule has 1 amide bonds. The number of hydrogen-bond donors (Lipinski definition) is 2. The molecule has 0 heterocycles. The smallest absolute Gasteiger partial charge is 0.323 e. The van der Waals surface area contributed by atoms with Crippen LogP contribution in [0.15, 0.2) is 0 Å².